The third kappa shape index (κ3) is 38.7. The molecule has 0 bridgehead atoms. The number of Topliss-reactive ketones (excluding diaryl/α,β-unsaturated/α-hetero) is 1. The molecule has 3 aromatic heterocycles. The van der Waals surface area contributed by atoms with E-state index in [1.54, 1.807) is 194 Å². The summed E-state index contributed by atoms with van der Waals surface area (Å²) in [5.74, 6) is -1.60. The van der Waals surface area contributed by atoms with E-state index in [0.29, 0.717) is 110 Å². The molecule has 1 amide bonds. The van der Waals surface area contributed by atoms with Gasteiger partial charge in [-0.15, -0.1) is 0 Å². The van der Waals surface area contributed by atoms with Gasteiger partial charge >= 0.3 is 29.0 Å². The van der Waals surface area contributed by atoms with Crippen LogP contribution >= 0.6 is 21.4 Å². The van der Waals surface area contributed by atoms with Crippen molar-refractivity contribution < 1.29 is 68.7 Å². The first-order valence-electron chi connectivity index (χ1n) is 45.1. The van der Waals surface area contributed by atoms with Gasteiger partial charge in [0.25, 0.3) is 5.91 Å². The minimum Gasteiger partial charge on any atom is -1.00 e. The quantitative estimate of drug-likeness (QED) is 0.00334. The number of carboxylic acid groups (broad SMARTS) is 1. The summed E-state index contributed by atoms with van der Waals surface area (Å²) in [6.45, 7) is 39.2. The molecule has 36 heteroatoms. The number of nitrogens with one attached hydrogen (secondary N) is 3. The molecule has 2 aliphatic carbocycles. The van der Waals surface area contributed by atoms with Crippen molar-refractivity contribution in [2.75, 3.05) is 54.6 Å². The van der Waals surface area contributed by atoms with Crippen LogP contribution in [0.25, 0.3) is 26.8 Å². The molecule has 0 spiro atoms. The Morgan fingerprint density at radius 2 is 1.02 bits per heavy atom. The molecule has 0 radical (unpaired) electrons. The van der Waals surface area contributed by atoms with Gasteiger partial charge in [-0.05, 0) is 209 Å². The van der Waals surface area contributed by atoms with E-state index in [2.05, 4.69) is 130 Å². The second-order valence-electron chi connectivity index (χ2n) is 34.5. The number of nitrogens with zero attached hydrogens (tertiary/aromatic N) is 10. The van der Waals surface area contributed by atoms with Crippen molar-refractivity contribution in [2.45, 2.75) is 110 Å². The molecule has 2 aliphatic rings. The first kappa shape index (κ1) is 119. The number of aliphatic hydroxyl groups excluding tert-OH is 2. The number of nitriles is 1. The number of aromatic carboxylic acids is 1. The van der Waals surface area contributed by atoms with Crippen LogP contribution in [0.3, 0.4) is 0 Å². The summed E-state index contributed by atoms with van der Waals surface area (Å²) in [5.41, 5.74) is 33.5. The van der Waals surface area contributed by atoms with Crippen molar-refractivity contribution in [3.63, 3.8) is 0 Å². The fourth-order valence-corrected chi connectivity index (χ4v) is 24.5. The van der Waals surface area contributed by atoms with Crippen LogP contribution in [0.5, 0.6) is 0 Å². The van der Waals surface area contributed by atoms with Crippen LogP contribution in [0.4, 0.5) is 46.0 Å². The van der Waals surface area contributed by atoms with Gasteiger partial charge in [-0.25, -0.2) is 50.3 Å². The Kier molecular flexibility index (Phi) is 49.7. The summed E-state index contributed by atoms with van der Waals surface area (Å²) in [6.07, 6.45) is 3.72. The smallest absolute Gasteiger partial charge is 1.00 e. The van der Waals surface area contributed by atoms with E-state index in [4.69, 9.17) is 50.7 Å². The van der Waals surface area contributed by atoms with Gasteiger partial charge in [-0.3, -0.25) is 14.4 Å². The van der Waals surface area contributed by atoms with Crippen LogP contribution in [0.15, 0.2) is 285 Å². The topological polar surface area (TPSA) is 375 Å². The Balaban J connectivity index is 0.000000265. The summed E-state index contributed by atoms with van der Waals surface area (Å²) < 4.78 is 70.8. The maximum atomic E-state index is 14.7. The number of aliphatic hydroxyl groups is 2. The van der Waals surface area contributed by atoms with Crippen LogP contribution in [-0.2, 0) is 15.6 Å². The molecule has 742 valence electrons. The van der Waals surface area contributed by atoms with Crippen molar-refractivity contribution in [1.82, 2.24) is 40.0 Å². The molecule has 3 heterocycles. The average molecular weight is 2060 g/mol. The third-order valence-electron chi connectivity index (χ3n) is 21.1. The predicted octanol–water partition coefficient (Wildman–Crippen LogP) is 17.9. The Bertz CT molecular complexity index is 6610. The van der Waals surface area contributed by atoms with Crippen LogP contribution < -0.4 is 55.5 Å². The van der Waals surface area contributed by atoms with Gasteiger partial charge in [0.1, 0.15) is 63.3 Å². The minimum atomic E-state index is -1.67. The molecule has 2 saturated carbocycles. The number of anilines is 3. The van der Waals surface area contributed by atoms with Crippen LogP contribution in [0.1, 0.15) is 147 Å². The zero-order valence-corrected chi connectivity index (χ0v) is 87.3. The number of aromatic nitrogens is 6. The van der Waals surface area contributed by atoms with Gasteiger partial charge in [-0.1, -0.05) is 191 Å². The Morgan fingerprint density at radius 3 is 1.47 bits per heavy atom. The van der Waals surface area contributed by atoms with Crippen molar-refractivity contribution in [2.24, 2.45) is 29.0 Å². The third-order valence-corrected chi connectivity index (χ3v) is 28.3. The van der Waals surface area contributed by atoms with Crippen molar-refractivity contribution in [3.8, 4) is 23.1 Å². The van der Waals surface area contributed by atoms with Crippen LogP contribution in [-0.4, -0.2) is 152 Å². The number of halogens is 7. The van der Waals surface area contributed by atoms with Gasteiger partial charge < -0.3 is 70.8 Å². The number of amides is 1. The number of carboxylic acids is 1. The maximum Gasteiger partial charge on any atom is 2.00 e. The van der Waals surface area contributed by atoms with E-state index in [1.807, 2.05) is 61.5 Å². The Morgan fingerprint density at radius 1 is 0.573 bits per heavy atom. The van der Waals surface area contributed by atoms with Crippen molar-refractivity contribution in [3.05, 3.63) is 422 Å². The molecule has 3 atom stereocenters. The molecule has 25 nitrogen and oxygen atoms in total. The van der Waals surface area contributed by atoms with Crippen molar-refractivity contribution >= 4 is 122 Å². The molecule has 0 aliphatic heterocycles. The maximum absolute atomic E-state index is 14.7. The number of nitrogens with two attached hydrogens (primary N) is 4. The second-order valence-corrected chi connectivity index (χ2v) is 47.0. The molecule has 2 fully saturated rings. The summed E-state index contributed by atoms with van der Waals surface area (Å²) >= 11 is 0. The molecule has 11 aromatic carbocycles. The number of aryl methyl sites for hydroxylation is 3. The Hall–Kier alpha value is -12.9. The standard InChI is InChI=1S/C30H27FN4O.C25H19FN4O2.C13H12FNO.C12H9N3O2.C12H22NSi2.C7H5FO.C4H13N3.C4H9N.Cl2OS.ClH.Mg/c1-20-15-28(35(34-20)25-10-6-9-24(18-25)32-2)29(36)17-22-7-5-8-23(16-22)30(33-19-21-13-14-21)26-11-3-4-12-27(26)31;1-16-13-23(30(29-16)20-10-6-8-18(15-20)27-2)25(32)28-19-9-5-7-17(14-19)24(31)21-11-3-4-12-22(21)26;14-12-7-2-1-6-11(12)13(16)9-4-3-5-10(15)8-9;1-8-5-11(12(16)17)15(14-8)10-4-2-3-9(6-10)7-13;1-14(2,3)13(15(4,5)6)12-10-8-7-9-11-12;8-7-4-2-1-3-6(7)5-9;5-1-3-7-4-2-6;5-3-4-1-2-4;1-4(2)3;;/h3-12,15-16,18,21,30,33H,13-14,17,19H2,1H3;3-15,24,31H,1H3,(H,28,32);1-8,13,16H,15H2;2-6H,1H3,(H,16,17);7-8,10-11H,1-6H3;1-5H;7H,1-6H2;4H,1-3,5H2;;1H;/q;;;;-1;;;;;;+2/p-1. The Labute approximate surface area is 868 Å². The summed E-state index contributed by atoms with van der Waals surface area (Å²) in [4.78, 5) is 54.4. The number of benzene rings is 11. The molecule has 14 N–H and O–H groups in total. The van der Waals surface area contributed by atoms with E-state index in [0.717, 1.165) is 48.9 Å². The summed E-state index contributed by atoms with van der Waals surface area (Å²) in [5, 5.41) is 60.8. The van der Waals surface area contributed by atoms with Crippen LogP contribution in [0, 0.1) is 86.4 Å². The molecule has 16 rings (SSSR count). The monoisotopic (exact) mass is 2060 g/mol. The van der Waals surface area contributed by atoms with Gasteiger partial charge in [0, 0.05) is 82.0 Å². The van der Waals surface area contributed by atoms with Gasteiger partial charge in [0.05, 0.1) is 70.5 Å². The molecular weight excluding hydrogens is 1950 g/mol. The largest absolute Gasteiger partial charge is 2.00 e. The number of hydrogen-bond acceptors (Lipinski definition) is 18. The number of carbonyl (C=O) groups excluding carboxylic acids is 3. The molecule has 0 saturated heterocycles. The first-order valence-corrected chi connectivity index (χ1v) is 54.7. The SMILES string of the molecule is C[Si](C)(C)N(c1c[c-]ccc1)[Si](C)(C)C.Cc1cc(C(=O)O)n(-c2cccc(C#N)c2)n1.NCC1CC1.NCCNCCN.Nc1cccc(C(O)c2ccccc2F)c1.O=Cc1ccccc1F.O=S(Cl)Cl.[C-]#[N+]c1cccc(-n2nc(C)cc2C(=O)Cc2cccc(C(NCC3CC3)c3ccccc3F)c2)c1.[C-]#[N+]c1cccc(-n2nc(C)cc2C(=O)Nc2cccc(C(O)c3ccccc3F)c2)c1.[Cl-].[Mg+2]. The summed E-state index contributed by atoms with van der Waals surface area (Å²) in [6, 6.07) is 84.9. The molecule has 143 heavy (non-hydrogen) atoms. The molecule has 14 aromatic rings. The first-order chi connectivity index (χ1) is 67.4. The number of carbonyl (C=O) groups is 4. The number of aldehydes is 1. The molecular formula is C107H116Cl3F4MgN17O8SSi2. The minimum absolute atomic E-state index is 0. The number of nitrogen functional groups attached to an aromatic ring is 1. The van der Waals surface area contributed by atoms with E-state index in [9.17, 15) is 47.0 Å². The fraction of sp³-hybridized carbons (Fsp3) is 0.234. The number of hydrogen-bond donors (Lipinski definition) is 10. The van der Waals surface area contributed by atoms with Gasteiger partial charge in [0.2, 0.25) is 9.23 Å². The normalized spacial score (nSPS) is 12.0. The number of ketones is 1. The van der Waals surface area contributed by atoms with Gasteiger partial charge in [-0.2, -0.15) is 50.9 Å². The van der Waals surface area contributed by atoms with E-state index in [-0.39, 0.29) is 81.9 Å². The zero-order chi connectivity index (χ0) is 103. The van der Waals surface area contributed by atoms with E-state index in [1.165, 1.54) is 83.2 Å². The second kappa shape index (κ2) is 59.8. The van der Waals surface area contributed by atoms with E-state index >= 15 is 0 Å². The molecule has 3 unspecified atom stereocenters. The van der Waals surface area contributed by atoms with Crippen molar-refractivity contribution in [1.29, 1.82) is 5.26 Å². The summed E-state index contributed by atoms with van der Waals surface area (Å²) in [7, 11) is 4.78. The number of rotatable bonds is 27. The van der Waals surface area contributed by atoms with E-state index < -0.39 is 67.2 Å². The van der Waals surface area contributed by atoms with Gasteiger partial charge in [0.15, 0.2) is 29.1 Å². The van der Waals surface area contributed by atoms with Crippen LogP contribution in [0.2, 0.25) is 39.3 Å². The zero-order valence-electron chi connectivity index (χ0n) is 80.8. The predicted molar refractivity (Wildman–Crippen MR) is 563 cm³/mol. The average Bonchev–Trinajstić information content (AvgIpc) is 1.52. The fourth-order valence-electron chi connectivity index (χ4n) is 14.6.